The molecule has 0 spiro atoms. The fraction of sp³-hybridized carbons (Fsp3) is 0. The molecule has 6 rings (SSSR count). The van der Waals surface area contributed by atoms with E-state index in [1.807, 2.05) is 30.3 Å². The van der Waals surface area contributed by atoms with E-state index in [2.05, 4.69) is 27.1 Å². The van der Waals surface area contributed by atoms with Gasteiger partial charge in [-0.05, 0) is 40.5 Å². The maximum atomic E-state index is 8.74. The van der Waals surface area contributed by atoms with Gasteiger partial charge in [0.1, 0.15) is 0 Å². The van der Waals surface area contributed by atoms with Crippen molar-refractivity contribution in [2.24, 2.45) is 0 Å². The van der Waals surface area contributed by atoms with E-state index >= 15 is 0 Å². The summed E-state index contributed by atoms with van der Waals surface area (Å²) < 4.78 is 60.3. The maximum absolute atomic E-state index is 8.74. The van der Waals surface area contributed by atoms with Crippen LogP contribution in [0.3, 0.4) is 0 Å². The number of rotatable bonds is 2. The van der Waals surface area contributed by atoms with Crippen LogP contribution in [0.25, 0.3) is 53.7 Å². The molecule has 0 N–H and O–H groups in total. The second kappa shape index (κ2) is 6.87. The number of halogens is 1. The minimum absolute atomic E-state index is 0.121. The van der Waals surface area contributed by atoms with Gasteiger partial charge in [-0.3, -0.25) is 0 Å². The van der Waals surface area contributed by atoms with Gasteiger partial charge in [-0.2, -0.15) is 9.97 Å². The van der Waals surface area contributed by atoms with Crippen LogP contribution in [0.4, 0.5) is 0 Å². The number of hydrogen-bond donors (Lipinski definition) is 0. The molecule has 3 nitrogen and oxygen atoms in total. The van der Waals surface area contributed by atoms with E-state index in [1.165, 1.54) is 0 Å². The van der Waals surface area contributed by atoms with Crippen LogP contribution in [-0.4, -0.2) is 15.0 Å². The molecule has 0 aliphatic carbocycles. The normalized spacial score (nSPS) is 14.8. The molecule has 2 aromatic heterocycles. The van der Waals surface area contributed by atoms with Crippen LogP contribution >= 0.6 is 22.9 Å². The van der Waals surface area contributed by atoms with Crippen LogP contribution in [0.15, 0.2) is 84.8 Å². The van der Waals surface area contributed by atoms with Crippen molar-refractivity contribution in [2.45, 2.75) is 0 Å². The summed E-state index contributed by atoms with van der Waals surface area (Å²) in [4.78, 5) is 12.8. The zero-order chi connectivity index (χ0) is 26.2. The van der Waals surface area contributed by atoms with Crippen molar-refractivity contribution in [3.8, 4) is 22.8 Å². The molecule has 30 heavy (non-hydrogen) atoms. The third-order valence-corrected chi connectivity index (χ3v) is 6.02. The molecule has 0 saturated carbocycles. The predicted octanol–water partition coefficient (Wildman–Crippen LogP) is 7.38. The molecule has 4 aromatic carbocycles. The van der Waals surface area contributed by atoms with Crippen molar-refractivity contribution < 1.29 is 9.60 Å². The third kappa shape index (κ3) is 2.93. The molecule has 0 fully saturated rings. The molecule has 2 heterocycles. The molecule has 0 atom stereocenters. The van der Waals surface area contributed by atoms with Crippen LogP contribution < -0.4 is 0 Å². The number of thiophene rings is 1. The lowest BCUT2D eigenvalue weighted by atomic mass is 10.1. The third-order valence-electron chi connectivity index (χ3n) is 4.72. The highest BCUT2D eigenvalue weighted by Crippen LogP contribution is 2.36. The van der Waals surface area contributed by atoms with E-state index in [9.17, 15) is 0 Å². The molecular weight excluding hydrogens is 410 g/mol. The molecule has 0 radical (unpaired) electrons. The summed E-state index contributed by atoms with van der Waals surface area (Å²) in [6.45, 7) is 0. The second-order valence-electron chi connectivity index (χ2n) is 6.56. The van der Waals surface area contributed by atoms with Crippen molar-refractivity contribution in [3.63, 3.8) is 0 Å². The predicted molar refractivity (Wildman–Crippen MR) is 126 cm³/mol. The van der Waals surface area contributed by atoms with E-state index < -0.39 is 36.3 Å². The fourth-order valence-electron chi connectivity index (χ4n) is 3.35. The largest absolute Gasteiger partial charge is 0.226 e. The van der Waals surface area contributed by atoms with Gasteiger partial charge in [0.15, 0.2) is 11.6 Å². The van der Waals surface area contributed by atoms with Gasteiger partial charge < -0.3 is 0 Å². The SMILES string of the molecule is [2H]c1c([2H])c([2H])c2c([2H])c(-c3nc(Cl)nc(-c4ccc5c(c4)sc4ccccc45)n3)c([2H])c([2H])c2c1[2H]. The van der Waals surface area contributed by atoms with E-state index in [1.54, 1.807) is 11.3 Å². The quantitative estimate of drug-likeness (QED) is 0.287. The number of aromatic nitrogens is 3. The molecule has 0 amide bonds. The van der Waals surface area contributed by atoms with Gasteiger partial charge in [-0.1, -0.05) is 66.6 Å². The Hall–Kier alpha value is -3.34. The molecule has 0 unspecified atom stereocenters. The Kier molecular flexibility index (Phi) is 2.69. The van der Waals surface area contributed by atoms with E-state index in [0.29, 0.717) is 5.56 Å². The lowest BCUT2D eigenvalue weighted by Crippen LogP contribution is -1.97. The second-order valence-corrected chi connectivity index (χ2v) is 7.98. The zero-order valence-corrected chi connectivity index (χ0v) is 16.7. The van der Waals surface area contributed by atoms with Crippen molar-refractivity contribution in [2.75, 3.05) is 0 Å². The fourth-order valence-corrected chi connectivity index (χ4v) is 4.65. The highest BCUT2D eigenvalue weighted by Gasteiger charge is 2.12. The van der Waals surface area contributed by atoms with Crippen molar-refractivity contribution >= 4 is 53.9 Å². The van der Waals surface area contributed by atoms with Crippen molar-refractivity contribution in [1.29, 1.82) is 0 Å². The Bertz CT molecular complexity index is 1940. The Labute approximate surface area is 191 Å². The molecule has 0 saturated heterocycles. The first-order valence-corrected chi connectivity index (χ1v) is 10.2. The Morgan fingerprint density at radius 2 is 1.50 bits per heavy atom. The average molecular weight is 431 g/mol. The summed E-state index contributed by atoms with van der Waals surface area (Å²) in [5, 5.41) is 1.70. The number of nitrogens with zero attached hydrogens (tertiary/aromatic N) is 3. The first kappa shape index (κ1) is 11.7. The van der Waals surface area contributed by atoms with Crippen LogP contribution in [0.2, 0.25) is 5.28 Å². The van der Waals surface area contributed by atoms with Crippen LogP contribution in [-0.2, 0) is 0 Å². The zero-order valence-electron chi connectivity index (χ0n) is 22.2. The van der Waals surface area contributed by atoms with Gasteiger partial charge in [0.2, 0.25) is 5.28 Å². The monoisotopic (exact) mass is 430 g/mol. The van der Waals surface area contributed by atoms with Gasteiger partial charge >= 0.3 is 0 Å². The topological polar surface area (TPSA) is 38.7 Å². The number of benzene rings is 4. The van der Waals surface area contributed by atoms with Crippen LogP contribution in [0, 0.1) is 0 Å². The van der Waals surface area contributed by atoms with Gasteiger partial charge in [0.05, 0.1) is 9.60 Å². The van der Waals surface area contributed by atoms with Crippen LogP contribution in [0.1, 0.15) is 9.60 Å². The molecular formula is C25H14ClN3S. The lowest BCUT2D eigenvalue weighted by Gasteiger charge is -2.06. The van der Waals surface area contributed by atoms with E-state index in [0.717, 1.165) is 20.2 Å². The number of fused-ring (bicyclic) bond motifs is 4. The van der Waals surface area contributed by atoms with Crippen LogP contribution in [0.5, 0.6) is 0 Å². The highest BCUT2D eigenvalue weighted by atomic mass is 35.5. The molecule has 142 valence electrons. The molecule has 0 aliphatic rings. The van der Waals surface area contributed by atoms with Crippen molar-refractivity contribution in [1.82, 2.24) is 15.0 Å². The van der Waals surface area contributed by atoms with Crippen molar-refractivity contribution in [3.05, 3.63) is 90.0 Å². The first-order valence-electron chi connectivity index (χ1n) is 12.5. The maximum Gasteiger partial charge on any atom is 0.226 e. The minimum Gasteiger partial charge on any atom is -0.208 e. The van der Waals surface area contributed by atoms with Gasteiger partial charge in [-0.15, -0.1) is 11.3 Å². The standard InChI is InChI=1S/C25H14ClN3S/c26-25-28-23(17-10-9-15-5-1-2-6-16(15)13-17)27-24(29-25)18-11-12-20-19-7-3-4-8-21(19)30-22(20)14-18/h1-14H/i1D,2D,5D,6D,9D,10D,13D. The Balaban J connectivity index is 1.59. The summed E-state index contributed by atoms with van der Waals surface area (Å²) >= 11 is 7.88. The molecule has 5 heteroatoms. The average Bonchev–Trinajstić information content (AvgIpc) is 3.26. The van der Waals surface area contributed by atoms with Gasteiger partial charge in [0, 0.05) is 31.3 Å². The summed E-state index contributed by atoms with van der Waals surface area (Å²) in [7, 11) is 0. The Morgan fingerprint density at radius 1 is 0.733 bits per heavy atom. The Morgan fingerprint density at radius 3 is 2.40 bits per heavy atom. The summed E-state index contributed by atoms with van der Waals surface area (Å²) in [6.07, 6.45) is 0. The molecule has 0 bridgehead atoms. The van der Waals surface area contributed by atoms with Gasteiger partial charge in [0.25, 0.3) is 0 Å². The minimum atomic E-state index is -0.528. The number of hydrogen-bond acceptors (Lipinski definition) is 4. The van der Waals surface area contributed by atoms with E-state index in [4.69, 9.17) is 21.2 Å². The first-order chi connectivity index (χ1) is 17.7. The smallest absolute Gasteiger partial charge is 0.208 e. The summed E-state index contributed by atoms with van der Waals surface area (Å²) in [5.74, 6) is 0.0963. The summed E-state index contributed by atoms with van der Waals surface area (Å²) in [6, 6.07) is 10.6. The van der Waals surface area contributed by atoms with E-state index in [-0.39, 0.29) is 39.3 Å². The lowest BCUT2D eigenvalue weighted by molar-refractivity contribution is 1.07. The highest BCUT2D eigenvalue weighted by molar-refractivity contribution is 7.25. The van der Waals surface area contributed by atoms with Gasteiger partial charge in [-0.25, -0.2) is 4.98 Å². The summed E-state index contributed by atoms with van der Waals surface area (Å²) in [5.41, 5.74) is 0.493. The molecule has 6 aromatic rings. The molecule has 0 aliphatic heterocycles.